The van der Waals surface area contributed by atoms with Crippen LogP contribution < -0.4 is 4.74 Å². The van der Waals surface area contributed by atoms with Crippen molar-refractivity contribution in [3.63, 3.8) is 0 Å². The predicted molar refractivity (Wildman–Crippen MR) is 123 cm³/mol. The molecule has 0 saturated heterocycles. The van der Waals surface area contributed by atoms with Crippen LogP contribution in [0.25, 0.3) is 0 Å². The summed E-state index contributed by atoms with van der Waals surface area (Å²) in [6, 6.07) is 26.5. The van der Waals surface area contributed by atoms with E-state index in [4.69, 9.17) is 9.47 Å². The Bertz CT molecular complexity index is 1390. The molecule has 0 amide bonds. The van der Waals surface area contributed by atoms with E-state index in [2.05, 4.69) is 0 Å². The van der Waals surface area contributed by atoms with Crippen LogP contribution in [0.5, 0.6) is 11.5 Å². The number of hydrogen-bond donors (Lipinski definition) is 1. The number of cyclic esters (lactones) is 1. The van der Waals surface area contributed by atoms with Gasteiger partial charge in [0.05, 0.1) is 11.1 Å². The van der Waals surface area contributed by atoms with Gasteiger partial charge in [0.1, 0.15) is 17.8 Å². The molecule has 4 aromatic carbocycles. The lowest BCUT2D eigenvalue weighted by molar-refractivity contribution is 0.0251. The molecular formula is C28H18O6. The first kappa shape index (κ1) is 21.2. The number of hydrogen-bond acceptors (Lipinski definition) is 6. The lowest BCUT2D eigenvalue weighted by Gasteiger charge is -2.30. The number of aldehydes is 1. The summed E-state index contributed by atoms with van der Waals surface area (Å²) in [5.74, 6) is -0.597. The molecule has 5 rings (SSSR count). The number of benzene rings is 4. The largest absolute Gasteiger partial charge is 0.508 e. The minimum atomic E-state index is -1.21. The van der Waals surface area contributed by atoms with Gasteiger partial charge >= 0.3 is 11.9 Å². The summed E-state index contributed by atoms with van der Waals surface area (Å²) >= 11 is 0. The Morgan fingerprint density at radius 2 is 1.44 bits per heavy atom. The van der Waals surface area contributed by atoms with Gasteiger partial charge in [0.15, 0.2) is 5.60 Å². The number of esters is 2. The molecule has 0 bridgehead atoms. The molecule has 1 atom stereocenters. The molecule has 0 spiro atoms. The smallest absolute Gasteiger partial charge is 0.343 e. The zero-order valence-corrected chi connectivity index (χ0v) is 17.8. The second kappa shape index (κ2) is 8.33. The van der Waals surface area contributed by atoms with Gasteiger partial charge in [0, 0.05) is 22.3 Å². The second-order valence-corrected chi connectivity index (χ2v) is 7.82. The number of ether oxygens (including phenoxy) is 2. The van der Waals surface area contributed by atoms with Crippen molar-refractivity contribution in [2.45, 2.75) is 5.60 Å². The number of carbonyl (C=O) groups is 3. The van der Waals surface area contributed by atoms with Crippen LogP contribution in [0.2, 0.25) is 0 Å². The number of carbonyl (C=O) groups excluding carboxylic acids is 3. The Labute approximate surface area is 195 Å². The third kappa shape index (κ3) is 3.51. The fraction of sp³-hybridized carbons (Fsp3) is 0.0357. The highest BCUT2D eigenvalue weighted by molar-refractivity contribution is 5.96. The van der Waals surface area contributed by atoms with Crippen molar-refractivity contribution in [3.8, 4) is 11.5 Å². The van der Waals surface area contributed by atoms with Gasteiger partial charge in [0.25, 0.3) is 0 Å². The molecule has 0 fully saturated rings. The molecule has 0 saturated carbocycles. The summed E-state index contributed by atoms with van der Waals surface area (Å²) in [7, 11) is 0. The molecule has 6 nitrogen and oxygen atoms in total. The molecule has 1 N–H and O–H groups in total. The first-order chi connectivity index (χ1) is 16.5. The van der Waals surface area contributed by atoms with Crippen molar-refractivity contribution in [1.82, 2.24) is 0 Å². The maximum atomic E-state index is 12.7. The van der Waals surface area contributed by atoms with Crippen LogP contribution in [-0.4, -0.2) is 23.3 Å². The van der Waals surface area contributed by atoms with Crippen LogP contribution in [0.1, 0.15) is 47.8 Å². The van der Waals surface area contributed by atoms with E-state index in [0.717, 1.165) is 0 Å². The predicted octanol–water partition coefficient (Wildman–Crippen LogP) is 4.89. The third-order valence-corrected chi connectivity index (χ3v) is 5.80. The average Bonchev–Trinajstić information content (AvgIpc) is 3.18. The lowest BCUT2D eigenvalue weighted by atomic mass is 9.80. The summed E-state index contributed by atoms with van der Waals surface area (Å²) < 4.78 is 11.5. The molecule has 1 unspecified atom stereocenters. The molecule has 0 aliphatic carbocycles. The van der Waals surface area contributed by atoms with Crippen LogP contribution in [0.15, 0.2) is 97.1 Å². The normalized spacial score (nSPS) is 16.4. The van der Waals surface area contributed by atoms with Crippen molar-refractivity contribution in [2.75, 3.05) is 0 Å². The number of aromatic hydroxyl groups is 1. The molecule has 0 radical (unpaired) electrons. The van der Waals surface area contributed by atoms with Crippen molar-refractivity contribution >= 4 is 18.2 Å². The first-order valence-electron chi connectivity index (χ1n) is 10.5. The van der Waals surface area contributed by atoms with E-state index >= 15 is 0 Å². The van der Waals surface area contributed by atoms with E-state index in [9.17, 15) is 19.5 Å². The van der Waals surface area contributed by atoms with Crippen LogP contribution >= 0.6 is 0 Å². The monoisotopic (exact) mass is 450 g/mol. The Hall–Kier alpha value is -4.71. The van der Waals surface area contributed by atoms with Crippen LogP contribution in [0, 0.1) is 0 Å². The van der Waals surface area contributed by atoms with E-state index in [-0.39, 0.29) is 5.75 Å². The standard InChI is InChI=1S/C28H18O6/c29-17-18-5-7-19(8-6-18)26(31)33-23-15-11-21(12-16-23)28(20-9-13-22(30)14-10-20)25-4-2-1-3-24(25)27(32)34-28/h1-17,30H. The van der Waals surface area contributed by atoms with E-state index in [1.165, 1.54) is 24.3 Å². The van der Waals surface area contributed by atoms with E-state index in [1.807, 2.05) is 12.1 Å². The molecule has 1 aliphatic rings. The minimum Gasteiger partial charge on any atom is -0.508 e. The quantitative estimate of drug-likeness (QED) is 0.265. The zero-order valence-electron chi connectivity index (χ0n) is 17.8. The molecule has 4 aromatic rings. The Morgan fingerprint density at radius 3 is 2.09 bits per heavy atom. The van der Waals surface area contributed by atoms with Gasteiger partial charge < -0.3 is 14.6 Å². The lowest BCUT2D eigenvalue weighted by Crippen LogP contribution is -2.29. The van der Waals surface area contributed by atoms with Crippen LogP contribution in [0.3, 0.4) is 0 Å². The SMILES string of the molecule is O=Cc1ccc(C(=O)Oc2ccc(C3(c4ccc(O)cc4)OC(=O)c4ccccc43)cc2)cc1. The highest BCUT2D eigenvalue weighted by atomic mass is 16.6. The Morgan fingerprint density at radius 1 is 0.824 bits per heavy atom. The van der Waals surface area contributed by atoms with Crippen molar-refractivity contribution in [1.29, 1.82) is 0 Å². The second-order valence-electron chi connectivity index (χ2n) is 7.82. The molecular weight excluding hydrogens is 432 g/mol. The molecule has 0 aromatic heterocycles. The van der Waals surface area contributed by atoms with E-state index in [0.29, 0.717) is 45.4 Å². The molecule has 6 heteroatoms. The van der Waals surface area contributed by atoms with Gasteiger partial charge in [-0.3, -0.25) is 4.79 Å². The fourth-order valence-electron chi connectivity index (χ4n) is 4.13. The summed E-state index contributed by atoms with van der Waals surface area (Å²) in [5.41, 5.74) is 2.04. The number of fused-ring (bicyclic) bond motifs is 1. The Balaban J connectivity index is 1.51. The van der Waals surface area contributed by atoms with Gasteiger partial charge in [-0.2, -0.15) is 0 Å². The van der Waals surface area contributed by atoms with Crippen molar-refractivity contribution < 1.29 is 29.0 Å². The van der Waals surface area contributed by atoms with Crippen LogP contribution in [0.4, 0.5) is 0 Å². The topological polar surface area (TPSA) is 89.9 Å². The number of phenols is 1. The van der Waals surface area contributed by atoms with Gasteiger partial charge in [0.2, 0.25) is 0 Å². The maximum absolute atomic E-state index is 12.7. The highest BCUT2D eigenvalue weighted by Crippen LogP contribution is 2.47. The molecule has 34 heavy (non-hydrogen) atoms. The van der Waals surface area contributed by atoms with Gasteiger partial charge in [-0.25, -0.2) is 9.59 Å². The summed E-state index contributed by atoms with van der Waals surface area (Å²) in [4.78, 5) is 36.0. The molecule has 1 aliphatic heterocycles. The third-order valence-electron chi connectivity index (χ3n) is 5.80. The summed E-state index contributed by atoms with van der Waals surface area (Å²) in [5, 5.41) is 9.77. The van der Waals surface area contributed by atoms with E-state index in [1.54, 1.807) is 60.7 Å². The molecule has 166 valence electrons. The van der Waals surface area contributed by atoms with E-state index < -0.39 is 17.5 Å². The average molecular weight is 450 g/mol. The minimum absolute atomic E-state index is 0.0972. The van der Waals surface area contributed by atoms with Gasteiger partial charge in [-0.05, 0) is 42.5 Å². The highest BCUT2D eigenvalue weighted by Gasteiger charge is 2.48. The van der Waals surface area contributed by atoms with Crippen LogP contribution in [-0.2, 0) is 10.3 Å². The zero-order chi connectivity index (χ0) is 23.7. The number of rotatable bonds is 5. The van der Waals surface area contributed by atoms with Crippen molar-refractivity contribution in [2.24, 2.45) is 0 Å². The number of phenolic OH excluding ortho intramolecular Hbond substituents is 1. The maximum Gasteiger partial charge on any atom is 0.343 e. The molecule has 1 heterocycles. The van der Waals surface area contributed by atoms with Gasteiger partial charge in [-0.1, -0.05) is 54.6 Å². The summed E-state index contributed by atoms with van der Waals surface area (Å²) in [6.45, 7) is 0. The summed E-state index contributed by atoms with van der Waals surface area (Å²) in [6.07, 6.45) is 0.700. The first-order valence-corrected chi connectivity index (χ1v) is 10.5. The van der Waals surface area contributed by atoms with Gasteiger partial charge in [-0.15, -0.1) is 0 Å². The van der Waals surface area contributed by atoms with Crippen molar-refractivity contribution in [3.05, 3.63) is 130 Å². The Kier molecular flexibility index (Phi) is 5.18. The fourth-order valence-corrected chi connectivity index (χ4v) is 4.13.